The Morgan fingerprint density at radius 2 is 2.35 bits per heavy atom. The standard InChI is InChI=1S/C12H18N2O3/c1-3-5-8(13)10(15)14-9-6-4-7-12(9,2)11(16)17/h1,8-9H,4-7,13H2,2H3,(H,14,15)(H,16,17). The third kappa shape index (κ3) is 2.77. The Bertz CT molecular complexity index is 361. The number of carboxylic acids is 1. The lowest BCUT2D eigenvalue weighted by atomic mass is 9.85. The number of hydrogen-bond donors (Lipinski definition) is 3. The second-order valence-corrected chi connectivity index (χ2v) is 4.69. The van der Waals surface area contributed by atoms with Crippen LogP contribution in [0.25, 0.3) is 0 Å². The molecule has 0 spiro atoms. The maximum Gasteiger partial charge on any atom is 0.311 e. The first-order chi connectivity index (χ1) is 7.91. The molecule has 1 aliphatic carbocycles. The predicted molar refractivity (Wildman–Crippen MR) is 62.9 cm³/mol. The van der Waals surface area contributed by atoms with Gasteiger partial charge in [0.15, 0.2) is 0 Å². The number of carboxylic acid groups (broad SMARTS) is 1. The summed E-state index contributed by atoms with van der Waals surface area (Å²) in [5.74, 6) is 1.06. The van der Waals surface area contributed by atoms with Crippen molar-refractivity contribution >= 4 is 11.9 Å². The lowest BCUT2D eigenvalue weighted by Crippen LogP contribution is -2.51. The Balaban J connectivity index is 2.66. The van der Waals surface area contributed by atoms with Crippen LogP contribution in [-0.2, 0) is 9.59 Å². The van der Waals surface area contributed by atoms with Gasteiger partial charge in [-0.25, -0.2) is 0 Å². The lowest BCUT2D eigenvalue weighted by Gasteiger charge is -2.28. The summed E-state index contributed by atoms with van der Waals surface area (Å²) in [6.45, 7) is 1.65. The van der Waals surface area contributed by atoms with Crippen molar-refractivity contribution in [2.24, 2.45) is 11.1 Å². The Morgan fingerprint density at radius 3 is 2.88 bits per heavy atom. The van der Waals surface area contributed by atoms with Gasteiger partial charge in [0.1, 0.15) is 0 Å². The average Bonchev–Trinajstić information content (AvgIpc) is 2.62. The van der Waals surface area contributed by atoms with Crippen LogP contribution < -0.4 is 11.1 Å². The maximum atomic E-state index is 11.7. The molecule has 3 atom stereocenters. The van der Waals surface area contributed by atoms with Gasteiger partial charge in [0, 0.05) is 12.5 Å². The molecule has 0 saturated heterocycles. The summed E-state index contributed by atoms with van der Waals surface area (Å²) in [6.07, 6.45) is 7.25. The van der Waals surface area contributed by atoms with Gasteiger partial charge >= 0.3 is 5.97 Å². The van der Waals surface area contributed by atoms with E-state index < -0.39 is 17.4 Å². The number of carbonyl (C=O) groups excluding carboxylic acids is 1. The summed E-state index contributed by atoms with van der Waals surface area (Å²) in [4.78, 5) is 22.9. The highest BCUT2D eigenvalue weighted by Crippen LogP contribution is 2.38. The highest BCUT2D eigenvalue weighted by molar-refractivity contribution is 5.84. The fraction of sp³-hybridized carbons (Fsp3) is 0.667. The highest BCUT2D eigenvalue weighted by Gasteiger charge is 2.46. The summed E-state index contributed by atoms with van der Waals surface area (Å²) < 4.78 is 0. The fourth-order valence-electron chi connectivity index (χ4n) is 2.15. The van der Waals surface area contributed by atoms with E-state index in [1.54, 1.807) is 6.92 Å². The van der Waals surface area contributed by atoms with Crippen LogP contribution in [-0.4, -0.2) is 29.1 Å². The molecule has 1 aliphatic rings. The zero-order chi connectivity index (χ0) is 13.1. The second kappa shape index (κ2) is 5.19. The topological polar surface area (TPSA) is 92.4 Å². The molecular formula is C12H18N2O3. The molecule has 0 aromatic heterocycles. The van der Waals surface area contributed by atoms with Gasteiger partial charge in [-0.3, -0.25) is 9.59 Å². The van der Waals surface area contributed by atoms with Crippen LogP contribution in [0.4, 0.5) is 0 Å². The normalized spacial score (nSPS) is 29.4. The molecular weight excluding hydrogens is 220 g/mol. The first kappa shape index (κ1) is 13.5. The van der Waals surface area contributed by atoms with Gasteiger partial charge in [-0.1, -0.05) is 6.42 Å². The third-order valence-electron chi connectivity index (χ3n) is 3.44. The molecule has 5 nitrogen and oxygen atoms in total. The molecule has 1 rings (SSSR count). The predicted octanol–water partition coefficient (Wildman–Crippen LogP) is 0.0966. The minimum atomic E-state index is -0.897. The van der Waals surface area contributed by atoms with Crippen molar-refractivity contribution < 1.29 is 14.7 Å². The average molecular weight is 238 g/mol. The van der Waals surface area contributed by atoms with Crippen molar-refractivity contribution in [2.45, 2.75) is 44.7 Å². The molecule has 0 aliphatic heterocycles. The fourth-order valence-corrected chi connectivity index (χ4v) is 2.15. The first-order valence-corrected chi connectivity index (χ1v) is 5.64. The van der Waals surface area contributed by atoms with E-state index in [1.807, 2.05) is 0 Å². The summed E-state index contributed by atoms with van der Waals surface area (Å²) >= 11 is 0. The molecule has 0 aromatic rings. The van der Waals surface area contributed by atoms with Crippen molar-refractivity contribution in [3.8, 4) is 12.3 Å². The van der Waals surface area contributed by atoms with E-state index in [1.165, 1.54) is 0 Å². The van der Waals surface area contributed by atoms with Crippen molar-refractivity contribution in [3.05, 3.63) is 0 Å². The van der Waals surface area contributed by atoms with E-state index in [4.69, 9.17) is 12.2 Å². The van der Waals surface area contributed by atoms with E-state index in [0.29, 0.717) is 12.8 Å². The SMILES string of the molecule is C#CCC(N)C(=O)NC1CCCC1(C)C(=O)O. The van der Waals surface area contributed by atoms with Gasteiger partial charge in [-0.15, -0.1) is 12.3 Å². The number of terminal acetylenes is 1. The third-order valence-corrected chi connectivity index (χ3v) is 3.44. The number of nitrogens with one attached hydrogen (secondary N) is 1. The monoisotopic (exact) mass is 238 g/mol. The van der Waals surface area contributed by atoms with Crippen LogP contribution in [0.15, 0.2) is 0 Å². The number of nitrogens with two attached hydrogens (primary N) is 1. The van der Waals surface area contributed by atoms with E-state index >= 15 is 0 Å². The van der Waals surface area contributed by atoms with Crippen LogP contribution in [0.5, 0.6) is 0 Å². The van der Waals surface area contributed by atoms with Crippen LogP contribution in [0.2, 0.25) is 0 Å². The van der Waals surface area contributed by atoms with Crippen LogP contribution in [0.3, 0.4) is 0 Å². The van der Waals surface area contributed by atoms with Gasteiger partial charge in [0.2, 0.25) is 5.91 Å². The zero-order valence-electron chi connectivity index (χ0n) is 9.90. The maximum absolute atomic E-state index is 11.7. The first-order valence-electron chi connectivity index (χ1n) is 5.64. The van der Waals surface area contributed by atoms with Crippen LogP contribution >= 0.6 is 0 Å². The molecule has 0 radical (unpaired) electrons. The Kier molecular flexibility index (Phi) is 4.13. The molecule has 3 unspecified atom stereocenters. The van der Waals surface area contributed by atoms with Crippen molar-refractivity contribution in [1.29, 1.82) is 0 Å². The Morgan fingerprint density at radius 1 is 1.71 bits per heavy atom. The molecule has 1 amide bonds. The van der Waals surface area contributed by atoms with Crippen LogP contribution in [0.1, 0.15) is 32.6 Å². The van der Waals surface area contributed by atoms with Crippen molar-refractivity contribution in [2.75, 3.05) is 0 Å². The molecule has 17 heavy (non-hydrogen) atoms. The van der Waals surface area contributed by atoms with Gasteiger partial charge in [-0.2, -0.15) is 0 Å². The number of hydrogen-bond acceptors (Lipinski definition) is 3. The molecule has 0 aromatic carbocycles. The summed E-state index contributed by atoms with van der Waals surface area (Å²) in [5.41, 5.74) is 4.67. The number of aliphatic carboxylic acids is 1. The van der Waals surface area contributed by atoms with Crippen molar-refractivity contribution in [1.82, 2.24) is 5.32 Å². The number of carbonyl (C=O) groups is 2. The van der Waals surface area contributed by atoms with E-state index in [0.717, 1.165) is 6.42 Å². The highest BCUT2D eigenvalue weighted by atomic mass is 16.4. The molecule has 0 heterocycles. The van der Waals surface area contributed by atoms with E-state index in [2.05, 4.69) is 11.2 Å². The Hall–Kier alpha value is -1.54. The molecule has 1 fully saturated rings. The second-order valence-electron chi connectivity index (χ2n) is 4.69. The lowest BCUT2D eigenvalue weighted by molar-refractivity contribution is -0.149. The van der Waals surface area contributed by atoms with Crippen molar-refractivity contribution in [3.63, 3.8) is 0 Å². The Labute approximate surface area is 101 Å². The number of rotatable bonds is 4. The van der Waals surface area contributed by atoms with Gasteiger partial charge < -0.3 is 16.2 Å². The van der Waals surface area contributed by atoms with Gasteiger partial charge in [0.05, 0.1) is 11.5 Å². The minimum Gasteiger partial charge on any atom is -0.481 e. The van der Waals surface area contributed by atoms with Crippen LogP contribution in [0, 0.1) is 17.8 Å². The summed E-state index contributed by atoms with van der Waals surface area (Å²) in [5, 5.41) is 11.9. The van der Waals surface area contributed by atoms with E-state index in [9.17, 15) is 14.7 Å². The molecule has 1 saturated carbocycles. The van der Waals surface area contributed by atoms with Gasteiger partial charge in [-0.05, 0) is 19.8 Å². The largest absolute Gasteiger partial charge is 0.481 e. The molecule has 94 valence electrons. The quantitative estimate of drug-likeness (QED) is 0.605. The smallest absolute Gasteiger partial charge is 0.311 e. The molecule has 5 heteroatoms. The summed E-state index contributed by atoms with van der Waals surface area (Å²) in [6, 6.07) is -1.13. The number of amides is 1. The zero-order valence-corrected chi connectivity index (χ0v) is 9.90. The summed E-state index contributed by atoms with van der Waals surface area (Å²) in [7, 11) is 0. The van der Waals surface area contributed by atoms with E-state index in [-0.39, 0.29) is 18.4 Å². The van der Waals surface area contributed by atoms with Gasteiger partial charge in [0.25, 0.3) is 0 Å². The minimum absolute atomic E-state index is 0.155. The molecule has 4 N–H and O–H groups in total. The molecule has 0 bridgehead atoms.